The predicted molar refractivity (Wildman–Crippen MR) is 139 cm³/mol. The summed E-state index contributed by atoms with van der Waals surface area (Å²) in [5, 5.41) is 5.52. The number of piperidine rings is 1. The van der Waals surface area contributed by atoms with Gasteiger partial charge in [0.05, 0.1) is 17.1 Å². The van der Waals surface area contributed by atoms with Gasteiger partial charge in [-0.05, 0) is 42.5 Å². The van der Waals surface area contributed by atoms with Gasteiger partial charge in [0.15, 0.2) is 0 Å². The number of fused-ring (bicyclic) bond motifs is 1. The Morgan fingerprint density at radius 1 is 1.05 bits per heavy atom. The molecule has 2 N–H and O–H groups in total. The Balaban J connectivity index is 1.11. The van der Waals surface area contributed by atoms with Gasteiger partial charge in [-0.1, -0.05) is 36.4 Å². The van der Waals surface area contributed by atoms with Crippen LogP contribution in [0, 0.1) is 0 Å². The standard InChI is InChI=1S/C28H32N4O6/c1-31-24-14-18(9-10-22(24)32(28(31)36)23-11-12-25(33)30-26(23)34)8-5-13-37-20-15-21(29-16-20)27(35)38-17-19-6-3-2-4-7-19/h2-4,6-7,9-10,14,20-21,23,29H,5,8,11-13,15-17H2,1H3,(H,30,33,34)/t20-,21-,23?/m1/s1. The lowest BCUT2D eigenvalue weighted by molar-refractivity contribution is -0.147. The first-order valence-corrected chi connectivity index (χ1v) is 13.0. The summed E-state index contributed by atoms with van der Waals surface area (Å²) in [6.07, 6.45) is 2.60. The second kappa shape index (κ2) is 11.3. The summed E-state index contributed by atoms with van der Waals surface area (Å²) in [4.78, 5) is 49.2. The third kappa shape index (κ3) is 5.56. The lowest BCUT2D eigenvalue weighted by Gasteiger charge is -2.21. The van der Waals surface area contributed by atoms with Crippen molar-refractivity contribution in [3.05, 3.63) is 70.1 Å². The third-order valence-corrected chi connectivity index (χ3v) is 7.24. The van der Waals surface area contributed by atoms with E-state index in [1.165, 1.54) is 4.57 Å². The van der Waals surface area contributed by atoms with Crippen molar-refractivity contribution in [2.45, 2.75) is 56.9 Å². The number of ether oxygens (including phenoxy) is 2. The number of nitrogens with zero attached hydrogens (tertiary/aromatic N) is 2. The first kappa shape index (κ1) is 25.9. The molecule has 1 aromatic heterocycles. The van der Waals surface area contributed by atoms with Crippen molar-refractivity contribution in [3.63, 3.8) is 0 Å². The molecule has 0 aliphatic carbocycles. The molecule has 2 fully saturated rings. The molecule has 38 heavy (non-hydrogen) atoms. The highest BCUT2D eigenvalue weighted by molar-refractivity contribution is 6.00. The Kier molecular flexibility index (Phi) is 7.71. The Bertz CT molecular complexity index is 1400. The van der Waals surface area contributed by atoms with Gasteiger partial charge in [0, 0.05) is 33.0 Å². The summed E-state index contributed by atoms with van der Waals surface area (Å²) >= 11 is 0. The van der Waals surface area contributed by atoms with Gasteiger partial charge < -0.3 is 14.8 Å². The van der Waals surface area contributed by atoms with E-state index >= 15 is 0 Å². The number of aryl methyl sites for hydroxylation is 2. The second-order valence-electron chi connectivity index (χ2n) is 9.89. The number of imide groups is 1. The summed E-state index contributed by atoms with van der Waals surface area (Å²) in [6, 6.07) is 14.3. The van der Waals surface area contributed by atoms with Crippen LogP contribution in [0.2, 0.25) is 0 Å². The normalized spacial score (nSPS) is 21.6. The largest absolute Gasteiger partial charge is 0.460 e. The molecule has 1 unspecified atom stereocenters. The fourth-order valence-electron chi connectivity index (χ4n) is 5.16. The van der Waals surface area contributed by atoms with Gasteiger partial charge in [-0.3, -0.25) is 28.8 Å². The molecule has 2 saturated heterocycles. The van der Waals surface area contributed by atoms with E-state index in [-0.39, 0.29) is 42.7 Å². The smallest absolute Gasteiger partial charge is 0.329 e. The summed E-state index contributed by atoms with van der Waals surface area (Å²) in [6.45, 7) is 1.41. The van der Waals surface area contributed by atoms with Crippen LogP contribution in [-0.2, 0) is 43.9 Å². The van der Waals surface area contributed by atoms with Crippen LogP contribution in [0.1, 0.15) is 42.9 Å². The summed E-state index contributed by atoms with van der Waals surface area (Å²) in [5.74, 6) is -1.01. The molecule has 0 saturated carbocycles. The molecule has 200 valence electrons. The highest BCUT2D eigenvalue weighted by Crippen LogP contribution is 2.24. The lowest BCUT2D eigenvalue weighted by atomic mass is 10.1. The van der Waals surface area contributed by atoms with E-state index in [1.807, 2.05) is 48.5 Å². The molecule has 2 aromatic carbocycles. The molecule has 10 heteroatoms. The van der Waals surface area contributed by atoms with Crippen molar-refractivity contribution < 1.29 is 23.9 Å². The van der Waals surface area contributed by atoms with Gasteiger partial charge in [-0.25, -0.2) is 4.79 Å². The summed E-state index contributed by atoms with van der Waals surface area (Å²) < 4.78 is 14.5. The van der Waals surface area contributed by atoms with Crippen LogP contribution in [-0.4, -0.2) is 52.2 Å². The minimum atomic E-state index is -0.692. The molecular weight excluding hydrogens is 488 g/mol. The van der Waals surface area contributed by atoms with Crippen LogP contribution >= 0.6 is 0 Å². The fourth-order valence-corrected chi connectivity index (χ4v) is 5.16. The quantitative estimate of drug-likeness (QED) is 0.251. The number of rotatable bonds is 9. The van der Waals surface area contributed by atoms with Crippen molar-refractivity contribution >= 4 is 28.8 Å². The Labute approximate surface area is 219 Å². The van der Waals surface area contributed by atoms with Gasteiger partial charge in [-0.2, -0.15) is 0 Å². The number of benzene rings is 2. The maximum Gasteiger partial charge on any atom is 0.329 e. The zero-order valence-electron chi connectivity index (χ0n) is 21.4. The highest BCUT2D eigenvalue weighted by atomic mass is 16.5. The van der Waals surface area contributed by atoms with Crippen molar-refractivity contribution in [2.24, 2.45) is 7.05 Å². The molecule has 0 bridgehead atoms. The van der Waals surface area contributed by atoms with Crippen molar-refractivity contribution in [1.29, 1.82) is 0 Å². The van der Waals surface area contributed by atoms with Gasteiger partial charge in [0.25, 0.3) is 0 Å². The van der Waals surface area contributed by atoms with Gasteiger partial charge >= 0.3 is 11.7 Å². The average Bonchev–Trinajstić information content (AvgIpc) is 3.49. The number of carbonyl (C=O) groups is 3. The maximum absolute atomic E-state index is 12.9. The van der Waals surface area contributed by atoms with E-state index < -0.39 is 11.9 Å². The number of amides is 2. The number of aromatic nitrogens is 2. The zero-order valence-corrected chi connectivity index (χ0v) is 21.4. The molecule has 0 spiro atoms. The summed E-state index contributed by atoms with van der Waals surface area (Å²) in [7, 11) is 1.69. The van der Waals surface area contributed by atoms with Crippen molar-refractivity contribution in [2.75, 3.05) is 13.2 Å². The van der Waals surface area contributed by atoms with Gasteiger partial charge in [0.1, 0.15) is 18.7 Å². The molecule has 2 aliphatic heterocycles. The van der Waals surface area contributed by atoms with Crippen molar-refractivity contribution in [1.82, 2.24) is 19.8 Å². The van der Waals surface area contributed by atoms with Crippen LogP contribution in [0.5, 0.6) is 0 Å². The predicted octanol–water partition coefficient (Wildman–Crippen LogP) is 1.74. The van der Waals surface area contributed by atoms with Crippen LogP contribution in [0.15, 0.2) is 53.3 Å². The summed E-state index contributed by atoms with van der Waals surface area (Å²) in [5.41, 5.74) is 3.16. The van der Waals surface area contributed by atoms with E-state index in [2.05, 4.69) is 10.6 Å². The van der Waals surface area contributed by atoms with E-state index in [9.17, 15) is 19.2 Å². The first-order chi connectivity index (χ1) is 18.4. The number of imidazole rings is 1. The average molecular weight is 521 g/mol. The van der Waals surface area contributed by atoms with Crippen LogP contribution in [0.4, 0.5) is 0 Å². The van der Waals surface area contributed by atoms with Gasteiger partial charge in [0.2, 0.25) is 11.8 Å². The molecule has 3 aromatic rings. The Hall–Kier alpha value is -3.76. The first-order valence-electron chi connectivity index (χ1n) is 13.0. The maximum atomic E-state index is 12.9. The molecule has 10 nitrogen and oxygen atoms in total. The second-order valence-corrected chi connectivity index (χ2v) is 9.89. The number of hydrogen-bond donors (Lipinski definition) is 2. The molecule has 2 aliphatic rings. The van der Waals surface area contributed by atoms with Crippen LogP contribution in [0.25, 0.3) is 11.0 Å². The topological polar surface area (TPSA) is 121 Å². The number of hydrogen-bond acceptors (Lipinski definition) is 7. The van der Waals surface area contributed by atoms with Crippen LogP contribution in [0.3, 0.4) is 0 Å². The number of carbonyl (C=O) groups excluding carboxylic acids is 3. The monoisotopic (exact) mass is 520 g/mol. The highest BCUT2D eigenvalue weighted by Gasteiger charge is 2.32. The number of esters is 1. The fraction of sp³-hybridized carbons (Fsp3) is 0.429. The van der Waals surface area contributed by atoms with E-state index in [1.54, 1.807) is 11.6 Å². The van der Waals surface area contributed by atoms with E-state index in [4.69, 9.17) is 9.47 Å². The molecule has 5 rings (SSSR count). The van der Waals surface area contributed by atoms with Crippen LogP contribution < -0.4 is 16.3 Å². The minimum absolute atomic E-state index is 0.0462. The minimum Gasteiger partial charge on any atom is -0.460 e. The molecule has 0 radical (unpaired) electrons. The molecule has 3 atom stereocenters. The molecule has 2 amide bonds. The van der Waals surface area contributed by atoms with Crippen molar-refractivity contribution in [3.8, 4) is 0 Å². The third-order valence-electron chi connectivity index (χ3n) is 7.24. The molecular formula is C28H32N4O6. The van der Waals surface area contributed by atoms with E-state index in [0.29, 0.717) is 31.5 Å². The number of nitrogens with one attached hydrogen (secondary N) is 2. The zero-order chi connectivity index (χ0) is 26.6. The van der Waals surface area contributed by atoms with E-state index in [0.717, 1.165) is 29.5 Å². The molecule has 3 heterocycles. The SMILES string of the molecule is Cn1c(=O)n(C2CCC(=O)NC2=O)c2ccc(CCCO[C@H]3CN[C@@H](C(=O)OCc4ccccc4)C3)cc21. The lowest BCUT2D eigenvalue weighted by Crippen LogP contribution is -2.44. The Morgan fingerprint density at radius 3 is 2.66 bits per heavy atom. The van der Waals surface area contributed by atoms with Gasteiger partial charge in [-0.15, -0.1) is 0 Å². The Morgan fingerprint density at radius 2 is 1.87 bits per heavy atom.